The molecule has 4 rings (SSSR count). The summed E-state index contributed by atoms with van der Waals surface area (Å²) in [5, 5.41) is 22.0. The Balaban J connectivity index is 2.11. The molecule has 0 amide bonds. The normalized spacial score (nSPS) is 11.0. The van der Waals surface area contributed by atoms with Gasteiger partial charge in [-0.2, -0.15) is 5.26 Å². The molecular weight excluding hydrogens is 426 g/mol. The number of aromatic nitrogens is 1. The number of benzene rings is 2. The van der Waals surface area contributed by atoms with Gasteiger partial charge in [-0.05, 0) is 36.2 Å². The third kappa shape index (κ3) is 3.61. The topological polar surface area (TPSA) is 105 Å². The number of halogens is 1. The van der Waals surface area contributed by atoms with Crippen molar-refractivity contribution in [2.45, 2.75) is 32.7 Å². The van der Waals surface area contributed by atoms with E-state index in [1.807, 2.05) is 0 Å². The molecule has 0 saturated heterocycles. The molecule has 32 heavy (non-hydrogen) atoms. The highest BCUT2D eigenvalue weighted by Crippen LogP contribution is 2.44. The van der Waals surface area contributed by atoms with Crippen molar-refractivity contribution in [1.82, 2.24) is 4.57 Å². The van der Waals surface area contributed by atoms with Gasteiger partial charge in [0.25, 0.3) is 0 Å². The van der Waals surface area contributed by atoms with Crippen LogP contribution in [0.25, 0.3) is 33.4 Å². The highest BCUT2D eigenvalue weighted by molar-refractivity contribution is 6.30. The van der Waals surface area contributed by atoms with Crippen molar-refractivity contribution >= 4 is 28.4 Å². The van der Waals surface area contributed by atoms with E-state index < -0.39 is 5.63 Å². The number of nitrogens with two attached hydrogens (primary N) is 1. The monoisotopic (exact) mass is 447 g/mol. The minimum absolute atomic E-state index is 0.0154. The van der Waals surface area contributed by atoms with Gasteiger partial charge >= 0.3 is 5.63 Å². The Kier molecular flexibility index (Phi) is 5.93. The van der Waals surface area contributed by atoms with Gasteiger partial charge in [-0.1, -0.05) is 55.6 Å². The standard InChI is InChI=1S/C25H22ClN3O3/c1-2-3-6-13-29-22(21-23(30)17-7-4-5-8-19(17)32-25(21)31)20(18(14-27)24(29)28)15-9-11-16(26)12-10-15/h4-5,7-12,30H,2-3,6,13,28H2,1H3. The summed E-state index contributed by atoms with van der Waals surface area (Å²) < 4.78 is 7.26. The fourth-order valence-electron chi connectivity index (χ4n) is 4.00. The summed E-state index contributed by atoms with van der Waals surface area (Å²) >= 11 is 6.07. The molecule has 2 aromatic heterocycles. The van der Waals surface area contributed by atoms with E-state index >= 15 is 0 Å². The van der Waals surface area contributed by atoms with Gasteiger partial charge in [0.2, 0.25) is 0 Å². The summed E-state index contributed by atoms with van der Waals surface area (Å²) in [6.45, 7) is 2.58. The fourth-order valence-corrected chi connectivity index (χ4v) is 4.13. The lowest BCUT2D eigenvalue weighted by Gasteiger charge is -2.14. The summed E-state index contributed by atoms with van der Waals surface area (Å²) in [4.78, 5) is 13.1. The molecule has 3 N–H and O–H groups in total. The fraction of sp³-hybridized carbons (Fsp3) is 0.200. The molecular formula is C25H22ClN3O3. The highest BCUT2D eigenvalue weighted by atomic mass is 35.5. The van der Waals surface area contributed by atoms with Gasteiger partial charge in [0.05, 0.1) is 11.1 Å². The predicted octanol–water partition coefficient (Wildman–Crippen LogP) is 5.93. The highest BCUT2D eigenvalue weighted by Gasteiger charge is 2.28. The Bertz CT molecular complexity index is 1400. The third-order valence-electron chi connectivity index (χ3n) is 5.56. The van der Waals surface area contributed by atoms with Crippen LogP contribution in [0.2, 0.25) is 5.02 Å². The van der Waals surface area contributed by atoms with Crippen molar-refractivity contribution < 1.29 is 9.52 Å². The Morgan fingerprint density at radius 2 is 1.84 bits per heavy atom. The zero-order valence-corrected chi connectivity index (χ0v) is 18.3. The van der Waals surface area contributed by atoms with Gasteiger partial charge in [-0.25, -0.2) is 4.79 Å². The zero-order chi connectivity index (χ0) is 22.8. The quantitative estimate of drug-likeness (QED) is 0.281. The summed E-state index contributed by atoms with van der Waals surface area (Å²) in [6.07, 6.45) is 2.75. The second kappa shape index (κ2) is 8.81. The largest absolute Gasteiger partial charge is 0.506 e. The van der Waals surface area contributed by atoms with Crippen molar-refractivity contribution in [3.05, 3.63) is 69.5 Å². The molecule has 162 valence electrons. The minimum atomic E-state index is -0.699. The molecule has 6 nitrogen and oxygen atoms in total. The third-order valence-corrected chi connectivity index (χ3v) is 5.81. The minimum Gasteiger partial charge on any atom is -0.506 e. The van der Waals surface area contributed by atoms with Crippen LogP contribution in [0.4, 0.5) is 5.82 Å². The van der Waals surface area contributed by atoms with Gasteiger partial charge in [0, 0.05) is 17.1 Å². The van der Waals surface area contributed by atoms with Crippen LogP contribution in [0.1, 0.15) is 31.7 Å². The number of nitriles is 1. The maximum Gasteiger partial charge on any atom is 0.349 e. The number of nitrogen functional groups attached to an aromatic ring is 1. The molecule has 0 spiro atoms. The molecule has 0 aliphatic heterocycles. The molecule has 0 unspecified atom stereocenters. The van der Waals surface area contributed by atoms with E-state index in [1.165, 1.54) is 0 Å². The summed E-state index contributed by atoms with van der Waals surface area (Å²) in [6, 6.07) is 15.9. The van der Waals surface area contributed by atoms with Crippen LogP contribution in [0, 0.1) is 11.3 Å². The number of fused-ring (bicyclic) bond motifs is 1. The molecule has 0 aliphatic carbocycles. The molecule has 2 aromatic carbocycles. The maximum absolute atomic E-state index is 13.1. The van der Waals surface area contributed by atoms with E-state index in [9.17, 15) is 15.2 Å². The first-order valence-corrected chi connectivity index (χ1v) is 10.8. The smallest absolute Gasteiger partial charge is 0.349 e. The number of nitrogens with zero attached hydrogens (tertiary/aromatic N) is 2. The number of rotatable bonds is 6. The van der Waals surface area contributed by atoms with Crippen LogP contribution in [0.3, 0.4) is 0 Å². The average Bonchev–Trinajstić information content (AvgIpc) is 3.06. The molecule has 7 heteroatoms. The number of anilines is 1. The lowest BCUT2D eigenvalue weighted by atomic mass is 9.97. The first-order valence-electron chi connectivity index (χ1n) is 10.4. The molecule has 4 aromatic rings. The summed E-state index contributed by atoms with van der Waals surface area (Å²) in [5.41, 5.74) is 7.72. The Labute approximate surface area is 190 Å². The van der Waals surface area contributed by atoms with E-state index in [2.05, 4.69) is 13.0 Å². The van der Waals surface area contributed by atoms with Crippen LogP contribution in [-0.2, 0) is 6.54 Å². The van der Waals surface area contributed by atoms with E-state index in [0.29, 0.717) is 33.8 Å². The second-order valence-electron chi connectivity index (χ2n) is 7.57. The number of hydrogen-bond donors (Lipinski definition) is 2. The first-order chi connectivity index (χ1) is 15.5. The summed E-state index contributed by atoms with van der Waals surface area (Å²) in [5.74, 6) is 0.0429. The number of para-hydroxylation sites is 1. The van der Waals surface area contributed by atoms with Crippen LogP contribution >= 0.6 is 11.6 Å². The Morgan fingerprint density at radius 1 is 1.12 bits per heavy atom. The lowest BCUT2D eigenvalue weighted by molar-refractivity contribution is 0.470. The summed E-state index contributed by atoms with van der Waals surface area (Å²) in [7, 11) is 0. The predicted molar refractivity (Wildman–Crippen MR) is 127 cm³/mol. The molecule has 0 fully saturated rings. The first kappa shape index (κ1) is 21.5. The van der Waals surface area contributed by atoms with Crippen molar-refractivity contribution in [2.75, 3.05) is 5.73 Å². The van der Waals surface area contributed by atoms with Crippen LogP contribution in [-0.4, -0.2) is 9.67 Å². The van der Waals surface area contributed by atoms with Gasteiger partial charge in [0.1, 0.15) is 34.3 Å². The van der Waals surface area contributed by atoms with Gasteiger partial charge in [-0.15, -0.1) is 0 Å². The maximum atomic E-state index is 13.1. The van der Waals surface area contributed by atoms with Gasteiger partial charge < -0.3 is 19.8 Å². The van der Waals surface area contributed by atoms with E-state index in [-0.39, 0.29) is 28.3 Å². The molecule has 0 radical (unpaired) electrons. The van der Waals surface area contributed by atoms with Crippen molar-refractivity contribution in [1.29, 1.82) is 5.26 Å². The number of hydrogen-bond acceptors (Lipinski definition) is 5. The Hall–Kier alpha value is -3.69. The van der Waals surface area contributed by atoms with E-state index in [4.69, 9.17) is 21.8 Å². The number of aromatic hydroxyl groups is 1. The lowest BCUT2D eigenvalue weighted by Crippen LogP contribution is -2.11. The van der Waals surface area contributed by atoms with Crippen molar-refractivity contribution in [3.8, 4) is 34.2 Å². The van der Waals surface area contributed by atoms with Crippen molar-refractivity contribution in [2.24, 2.45) is 0 Å². The molecule has 0 bridgehead atoms. The molecule has 2 heterocycles. The molecule has 0 saturated carbocycles. The van der Waals surface area contributed by atoms with Gasteiger partial charge in [-0.3, -0.25) is 0 Å². The SMILES string of the molecule is CCCCCn1c(N)c(C#N)c(-c2ccc(Cl)cc2)c1-c1c(O)c2ccccc2oc1=O. The zero-order valence-electron chi connectivity index (χ0n) is 17.6. The van der Waals surface area contributed by atoms with Crippen molar-refractivity contribution in [3.63, 3.8) is 0 Å². The van der Waals surface area contributed by atoms with Gasteiger partial charge in [0.15, 0.2) is 0 Å². The van der Waals surface area contributed by atoms with Crippen LogP contribution < -0.4 is 11.4 Å². The van der Waals surface area contributed by atoms with E-state index in [1.54, 1.807) is 53.1 Å². The Morgan fingerprint density at radius 3 is 2.53 bits per heavy atom. The van der Waals surface area contributed by atoms with E-state index in [0.717, 1.165) is 19.3 Å². The van der Waals surface area contributed by atoms with Crippen LogP contribution in [0.5, 0.6) is 5.75 Å². The second-order valence-corrected chi connectivity index (χ2v) is 8.01. The number of unbranched alkanes of at least 4 members (excludes halogenated alkanes) is 2. The molecule has 0 atom stereocenters. The average molecular weight is 448 g/mol. The van der Waals surface area contributed by atoms with Crippen LogP contribution in [0.15, 0.2) is 57.7 Å². The molecule has 0 aliphatic rings.